The van der Waals surface area contributed by atoms with E-state index in [4.69, 9.17) is 9.97 Å². The van der Waals surface area contributed by atoms with E-state index in [1.54, 1.807) is 0 Å². The number of imidazole rings is 1. The Kier molecular flexibility index (Phi) is 4.47. The van der Waals surface area contributed by atoms with Gasteiger partial charge < -0.3 is 4.57 Å². The topological polar surface area (TPSA) is 76.9 Å². The van der Waals surface area contributed by atoms with Crippen molar-refractivity contribution in [1.29, 1.82) is 0 Å². The van der Waals surface area contributed by atoms with Crippen LogP contribution in [0, 0.1) is 13.8 Å². The van der Waals surface area contributed by atoms with Crippen molar-refractivity contribution in [3.05, 3.63) is 58.5 Å². The van der Waals surface area contributed by atoms with Gasteiger partial charge >= 0.3 is 0 Å². The Balaban J connectivity index is 1.66. The summed E-state index contributed by atoms with van der Waals surface area (Å²) in [4.78, 5) is 32.7. The summed E-state index contributed by atoms with van der Waals surface area (Å²) in [6.45, 7) is 6.82. The molecule has 7 heteroatoms. The molecule has 1 unspecified atom stereocenters. The zero-order valence-corrected chi connectivity index (χ0v) is 16.3. The molecule has 1 N–H and O–H groups in total. The Morgan fingerprint density at radius 2 is 1.89 bits per heavy atom. The number of hydrogen-bond donors (Lipinski definition) is 1. The zero-order chi connectivity index (χ0) is 19.1. The summed E-state index contributed by atoms with van der Waals surface area (Å²) in [6, 6.07) is 9.89. The Morgan fingerprint density at radius 3 is 2.52 bits per heavy atom. The molecule has 2 aromatic heterocycles. The smallest absolute Gasteiger partial charge is 0.286 e. The van der Waals surface area contributed by atoms with E-state index in [1.807, 2.05) is 31.2 Å². The Bertz CT molecular complexity index is 1060. The molecular weight excluding hydrogens is 360 g/mol. The maximum absolute atomic E-state index is 11.8. The van der Waals surface area contributed by atoms with E-state index in [0.29, 0.717) is 6.54 Å². The predicted molar refractivity (Wildman–Crippen MR) is 106 cm³/mol. The van der Waals surface area contributed by atoms with E-state index in [0.717, 1.165) is 57.6 Å². The van der Waals surface area contributed by atoms with E-state index >= 15 is 0 Å². The van der Waals surface area contributed by atoms with Crippen LogP contribution in [0.3, 0.4) is 0 Å². The molecule has 2 amide bonds. The van der Waals surface area contributed by atoms with Crippen LogP contribution in [-0.4, -0.2) is 25.7 Å². The van der Waals surface area contributed by atoms with Gasteiger partial charge in [-0.3, -0.25) is 14.9 Å². The number of carbonyl (C=O) groups is 2. The molecular formula is C20H20N4O2S. The van der Waals surface area contributed by atoms with E-state index in [-0.39, 0.29) is 11.1 Å². The van der Waals surface area contributed by atoms with Crippen molar-refractivity contribution in [3.63, 3.8) is 0 Å². The number of imide groups is 1. The molecule has 1 aromatic carbocycles. The predicted octanol–water partition coefficient (Wildman–Crippen LogP) is 3.68. The van der Waals surface area contributed by atoms with Gasteiger partial charge in [-0.15, -0.1) is 0 Å². The number of hydrogen-bond acceptors (Lipinski definition) is 5. The van der Waals surface area contributed by atoms with Crippen molar-refractivity contribution in [2.24, 2.45) is 0 Å². The first-order chi connectivity index (χ1) is 13.0. The Hall–Kier alpha value is -2.67. The third-order valence-electron chi connectivity index (χ3n) is 4.73. The fourth-order valence-corrected chi connectivity index (χ4v) is 4.27. The molecule has 0 spiro atoms. The average Bonchev–Trinajstić information content (AvgIpc) is 3.15. The van der Waals surface area contributed by atoms with E-state index in [1.165, 1.54) is 0 Å². The first kappa shape index (κ1) is 17.7. The van der Waals surface area contributed by atoms with Gasteiger partial charge in [0.05, 0.1) is 6.54 Å². The van der Waals surface area contributed by atoms with Crippen molar-refractivity contribution < 1.29 is 9.59 Å². The Morgan fingerprint density at radius 1 is 1.15 bits per heavy atom. The Labute approximate surface area is 161 Å². The fraction of sp³-hybridized carbons (Fsp3) is 0.300. The van der Waals surface area contributed by atoms with Gasteiger partial charge in [-0.05, 0) is 48.4 Å². The minimum Gasteiger partial charge on any atom is -0.308 e. The fourth-order valence-electron chi connectivity index (χ4n) is 3.44. The van der Waals surface area contributed by atoms with Gasteiger partial charge in [-0.2, -0.15) is 0 Å². The first-order valence-corrected chi connectivity index (χ1v) is 9.78. The van der Waals surface area contributed by atoms with Crippen LogP contribution in [0.1, 0.15) is 40.4 Å². The van der Waals surface area contributed by atoms with Crippen LogP contribution < -0.4 is 5.32 Å². The summed E-state index contributed by atoms with van der Waals surface area (Å²) >= 11 is 1.02. The highest BCUT2D eigenvalue weighted by atomic mass is 32.2. The normalized spacial score (nSPS) is 16.9. The molecule has 0 aliphatic carbocycles. The molecule has 1 fully saturated rings. The van der Waals surface area contributed by atoms with Crippen molar-refractivity contribution in [2.75, 3.05) is 0 Å². The maximum atomic E-state index is 11.8. The van der Waals surface area contributed by atoms with Crippen molar-refractivity contribution >= 4 is 34.1 Å². The summed E-state index contributed by atoms with van der Waals surface area (Å²) in [5.41, 5.74) is 5.91. The lowest BCUT2D eigenvalue weighted by Gasteiger charge is -2.10. The molecule has 4 rings (SSSR count). The maximum Gasteiger partial charge on any atom is 0.286 e. The molecule has 1 atom stereocenters. The van der Waals surface area contributed by atoms with Crippen LogP contribution in [-0.2, 0) is 17.8 Å². The minimum absolute atomic E-state index is 0.248. The van der Waals surface area contributed by atoms with Crippen LogP contribution in [0.5, 0.6) is 0 Å². The van der Waals surface area contributed by atoms with Gasteiger partial charge in [-0.1, -0.05) is 31.2 Å². The number of pyridine rings is 1. The lowest BCUT2D eigenvalue weighted by Crippen LogP contribution is -2.20. The van der Waals surface area contributed by atoms with Gasteiger partial charge in [0.2, 0.25) is 5.91 Å². The van der Waals surface area contributed by atoms with Crippen LogP contribution in [0.25, 0.3) is 11.2 Å². The number of nitrogens with zero attached hydrogens (tertiary/aromatic N) is 3. The number of benzene rings is 1. The van der Waals surface area contributed by atoms with Crippen molar-refractivity contribution in [1.82, 2.24) is 19.9 Å². The molecule has 0 bridgehead atoms. The summed E-state index contributed by atoms with van der Waals surface area (Å²) < 4.78 is 2.16. The molecule has 3 aromatic rings. The number of aryl methyl sites for hydroxylation is 3. The second kappa shape index (κ2) is 6.81. The molecule has 1 aliphatic rings. The number of carbonyl (C=O) groups excluding carboxylic acids is 2. The number of nitrogens with one attached hydrogen (secondary N) is 1. The van der Waals surface area contributed by atoms with Crippen LogP contribution >= 0.6 is 11.8 Å². The molecule has 0 radical (unpaired) electrons. The highest BCUT2D eigenvalue weighted by Gasteiger charge is 2.32. The average molecular weight is 380 g/mol. The third kappa shape index (κ3) is 3.23. The van der Waals surface area contributed by atoms with Crippen LogP contribution in [0.2, 0.25) is 0 Å². The van der Waals surface area contributed by atoms with Crippen LogP contribution in [0.4, 0.5) is 4.79 Å². The number of fused-ring (bicyclic) bond motifs is 1. The highest BCUT2D eigenvalue weighted by Crippen LogP contribution is 2.34. The second-order valence-electron chi connectivity index (χ2n) is 6.74. The first-order valence-electron chi connectivity index (χ1n) is 8.90. The standard InChI is InChI=1S/C20H20N4O2S/c1-4-15-22-16-11(2)9-12(3)21-18(16)24(15)10-13-5-7-14(8-6-13)17-19(25)23-20(26)27-17/h5-9,17H,4,10H2,1-3H3,(H,23,25,26). The molecule has 6 nitrogen and oxygen atoms in total. The van der Waals surface area contributed by atoms with E-state index in [9.17, 15) is 9.59 Å². The quantitative estimate of drug-likeness (QED) is 0.747. The molecule has 3 heterocycles. The number of thioether (sulfide) groups is 1. The summed E-state index contributed by atoms with van der Waals surface area (Å²) in [5.74, 6) is 0.758. The van der Waals surface area contributed by atoms with Crippen molar-refractivity contribution in [3.8, 4) is 0 Å². The van der Waals surface area contributed by atoms with Gasteiger partial charge in [-0.25, -0.2) is 9.97 Å². The van der Waals surface area contributed by atoms with E-state index in [2.05, 4.69) is 29.8 Å². The molecule has 1 saturated heterocycles. The lowest BCUT2D eigenvalue weighted by molar-refractivity contribution is -0.119. The molecule has 0 saturated carbocycles. The molecule has 138 valence electrons. The summed E-state index contributed by atoms with van der Waals surface area (Å²) in [5, 5.41) is 1.58. The van der Waals surface area contributed by atoms with Gasteiger partial charge in [0.25, 0.3) is 5.24 Å². The summed E-state index contributed by atoms with van der Waals surface area (Å²) in [7, 11) is 0. The molecule has 1 aliphatic heterocycles. The minimum atomic E-state index is -0.459. The third-order valence-corrected chi connectivity index (χ3v) is 5.77. The number of aromatic nitrogens is 3. The zero-order valence-electron chi connectivity index (χ0n) is 15.4. The van der Waals surface area contributed by atoms with Crippen LogP contribution in [0.15, 0.2) is 30.3 Å². The molecule has 27 heavy (non-hydrogen) atoms. The number of amides is 2. The summed E-state index contributed by atoms with van der Waals surface area (Å²) in [6.07, 6.45) is 0.827. The van der Waals surface area contributed by atoms with E-state index < -0.39 is 5.25 Å². The van der Waals surface area contributed by atoms with Gasteiger partial charge in [0.15, 0.2) is 5.65 Å². The lowest BCUT2D eigenvalue weighted by atomic mass is 10.1. The largest absolute Gasteiger partial charge is 0.308 e. The highest BCUT2D eigenvalue weighted by molar-refractivity contribution is 8.15. The SMILES string of the molecule is CCc1nc2c(C)cc(C)nc2n1Cc1ccc(C2SC(=O)NC2=O)cc1. The van der Waals surface area contributed by atoms with Crippen molar-refractivity contribution in [2.45, 2.75) is 39.0 Å². The monoisotopic (exact) mass is 380 g/mol. The van der Waals surface area contributed by atoms with Gasteiger partial charge in [0, 0.05) is 12.1 Å². The van der Waals surface area contributed by atoms with Gasteiger partial charge in [0.1, 0.15) is 16.6 Å². The number of rotatable bonds is 4. The second-order valence-corrected chi connectivity index (χ2v) is 7.81.